The predicted molar refractivity (Wildman–Crippen MR) is 157 cm³/mol. The van der Waals surface area contributed by atoms with Gasteiger partial charge in [-0.2, -0.15) is 13.2 Å². The molecule has 1 N–H and O–H groups in total. The highest BCUT2D eigenvalue weighted by Crippen LogP contribution is 2.37. The SMILES string of the molecule is Cc1cc(CN(C)C(=O)[C@H]2CCN(C(=O)C3CCN(C(=O)CCC(=O)O)CC3)C[C@@H]2c2ccccc2C)cc(C(F)(F)F)c1. The molecular weight excluding hydrogens is 575 g/mol. The lowest BCUT2D eigenvalue weighted by molar-refractivity contribution is -0.145. The first-order valence-corrected chi connectivity index (χ1v) is 15.0. The molecule has 0 aliphatic carbocycles. The molecule has 3 amide bonds. The number of aliphatic carboxylic acids is 1. The minimum absolute atomic E-state index is 0.0140. The molecule has 2 aliphatic rings. The first kappa shape index (κ1) is 33.0. The van der Waals surface area contributed by atoms with Crippen molar-refractivity contribution in [2.75, 3.05) is 33.2 Å². The fourth-order valence-corrected chi connectivity index (χ4v) is 6.52. The van der Waals surface area contributed by atoms with Crippen molar-refractivity contribution in [3.8, 4) is 0 Å². The summed E-state index contributed by atoms with van der Waals surface area (Å²) in [5.74, 6) is -2.44. The van der Waals surface area contributed by atoms with E-state index in [-0.39, 0.29) is 48.9 Å². The molecule has 2 aromatic carbocycles. The molecule has 238 valence electrons. The Kier molecular flexibility index (Phi) is 10.4. The molecule has 2 fully saturated rings. The number of hydrogen-bond donors (Lipinski definition) is 1. The van der Waals surface area contributed by atoms with Gasteiger partial charge in [-0.1, -0.05) is 35.9 Å². The van der Waals surface area contributed by atoms with Gasteiger partial charge in [0.25, 0.3) is 0 Å². The summed E-state index contributed by atoms with van der Waals surface area (Å²) in [7, 11) is 1.61. The normalized spacial score (nSPS) is 19.5. The minimum atomic E-state index is -4.48. The van der Waals surface area contributed by atoms with Gasteiger partial charge in [0.15, 0.2) is 0 Å². The predicted octanol–water partition coefficient (Wildman–Crippen LogP) is 5.02. The van der Waals surface area contributed by atoms with Gasteiger partial charge in [-0.25, -0.2) is 0 Å². The number of piperidine rings is 2. The number of alkyl halides is 3. The molecule has 2 aliphatic heterocycles. The maximum Gasteiger partial charge on any atom is 0.416 e. The summed E-state index contributed by atoms with van der Waals surface area (Å²) in [5.41, 5.74) is 2.09. The number of carboxylic acid groups (broad SMARTS) is 1. The number of amides is 3. The summed E-state index contributed by atoms with van der Waals surface area (Å²) in [6.45, 7) is 5.11. The van der Waals surface area contributed by atoms with Crippen LogP contribution in [0.3, 0.4) is 0 Å². The van der Waals surface area contributed by atoms with Crippen molar-refractivity contribution in [1.82, 2.24) is 14.7 Å². The number of carbonyl (C=O) groups is 4. The molecule has 2 aromatic rings. The van der Waals surface area contributed by atoms with E-state index in [1.54, 1.807) is 24.9 Å². The zero-order valence-corrected chi connectivity index (χ0v) is 25.4. The van der Waals surface area contributed by atoms with Crippen molar-refractivity contribution < 1.29 is 37.5 Å². The van der Waals surface area contributed by atoms with Gasteiger partial charge in [0.2, 0.25) is 17.7 Å². The van der Waals surface area contributed by atoms with Crippen LogP contribution < -0.4 is 0 Å². The third-order valence-electron chi connectivity index (χ3n) is 8.84. The Morgan fingerprint density at radius 1 is 0.932 bits per heavy atom. The van der Waals surface area contributed by atoms with Gasteiger partial charge in [-0.05, 0) is 61.9 Å². The van der Waals surface area contributed by atoms with Crippen LogP contribution in [0.1, 0.15) is 65.8 Å². The molecule has 0 spiro atoms. The van der Waals surface area contributed by atoms with E-state index < -0.39 is 23.6 Å². The van der Waals surface area contributed by atoms with Crippen LogP contribution >= 0.6 is 0 Å². The molecule has 0 radical (unpaired) electrons. The molecule has 0 saturated carbocycles. The number of likely N-dealkylation sites (tertiary alicyclic amines) is 2. The Morgan fingerprint density at radius 3 is 2.23 bits per heavy atom. The van der Waals surface area contributed by atoms with E-state index in [4.69, 9.17) is 5.11 Å². The summed E-state index contributed by atoms with van der Waals surface area (Å²) in [4.78, 5) is 55.6. The van der Waals surface area contributed by atoms with Crippen molar-refractivity contribution in [2.45, 2.75) is 64.6 Å². The van der Waals surface area contributed by atoms with Crippen LogP contribution in [0.4, 0.5) is 13.2 Å². The molecule has 0 unspecified atom stereocenters. The summed E-state index contributed by atoms with van der Waals surface area (Å²) in [5, 5.41) is 8.85. The number of carboxylic acids is 1. The van der Waals surface area contributed by atoms with Gasteiger partial charge in [0.1, 0.15) is 0 Å². The van der Waals surface area contributed by atoms with Gasteiger partial charge in [0, 0.05) is 63.9 Å². The lowest BCUT2D eigenvalue weighted by Crippen LogP contribution is -2.50. The third-order valence-corrected chi connectivity index (χ3v) is 8.84. The Bertz CT molecular complexity index is 1390. The van der Waals surface area contributed by atoms with Gasteiger partial charge in [0.05, 0.1) is 12.0 Å². The van der Waals surface area contributed by atoms with Crippen LogP contribution in [0.5, 0.6) is 0 Å². The molecule has 2 atom stereocenters. The lowest BCUT2D eigenvalue weighted by Gasteiger charge is -2.42. The fraction of sp³-hybridized carbons (Fsp3) is 0.515. The largest absolute Gasteiger partial charge is 0.481 e. The maximum atomic E-state index is 13.9. The van der Waals surface area contributed by atoms with E-state index in [1.807, 2.05) is 36.1 Å². The molecule has 0 bridgehead atoms. The summed E-state index contributed by atoms with van der Waals surface area (Å²) >= 11 is 0. The van der Waals surface area contributed by atoms with Gasteiger partial charge in [-0.3, -0.25) is 19.2 Å². The van der Waals surface area contributed by atoms with Crippen LogP contribution in [0, 0.1) is 25.7 Å². The number of hydrogen-bond acceptors (Lipinski definition) is 4. The van der Waals surface area contributed by atoms with E-state index in [0.717, 1.165) is 23.3 Å². The van der Waals surface area contributed by atoms with Crippen LogP contribution in [0.2, 0.25) is 0 Å². The Labute approximate surface area is 255 Å². The second kappa shape index (κ2) is 13.8. The number of aryl methyl sites for hydroxylation is 2. The van der Waals surface area contributed by atoms with Gasteiger partial charge < -0.3 is 19.8 Å². The Morgan fingerprint density at radius 2 is 1.59 bits per heavy atom. The van der Waals surface area contributed by atoms with Gasteiger partial charge in [-0.15, -0.1) is 0 Å². The zero-order valence-electron chi connectivity index (χ0n) is 25.4. The zero-order chi connectivity index (χ0) is 32.2. The van der Waals surface area contributed by atoms with Gasteiger partial charge >= 0.3 is 12.1 Å². The second-order valence-corrected chi connectivity index (χ2v) is 12.1. The highest BCUT2D eigenvalue weighted by Gasteiger charge is 2.40. The minimum Gasteiger partial charge on any atom is -0.481 e. The summed E-state index contributed by atoms with van der Waals surface area (Å²) in [6.07, 6.45) is -3.36. The summed E-state index contributed by atoms with van der Waals surface area (Å²) in [6, 6.07) is 11.6. The van der Waals surface area contributed by atoms with Crippen LogP contribution in [0.25, 0.3) is 0 Å². The molecule has 0 aromatic heterocycles. The van der Waals surface area contributed by atoms with Crippen LogP contribution in [-0.4, -0.2) is 76.7 Å². The summed E-state index contributed by atoms with van der Waals surface area (Å²) < 4.78 is 40.2. The van der Waals surface area contributed by atoms with Crippen molar-refractivity contribution in [3.05, 3.63) is 70.3 Å². The molecule has 2 heterocycles. The van der Waals surface area contributed by atoms with Crippen molar-refractivity contribution in [3.63, 3.8) is 0 Å². The van der Waals surface area contributed by atoms with Crippen LogP contribution in [-0.2, 0) is 31.9 Å². The molecule has 11 heteroatoms. The van der Waals surface area contributed by atoms with E-state index in [9.17, 15) is 32.3 Å². The number of rotatable bonds is 8. The van der Waals surface area contributed by atoms with Crippen LogP contribution in [0.15, 0.2) is 42.5 Å². The van der Waals surface area contributed by atoms with E-state index in [1.165, 1.54) is 4.90 Å². The van der Waals surface area contributed by atoms with Crippen molar-refractivity contribution in [2.24, 2.45) is 11.8 Å². The first-order valence-electron chi connectivity index (χ1n) is 15.0. The smallest absolute Gasteiger partial charge is 0.416 e. The number of nitrogens with zero attached hydrogens (tertiary/aromatic N) is 3. The van der Waals surface area contributed by atoms with Crippen molar-refractivity contribution in [1.29, 1.82) is 0 Å². The first-order chi connectivity index (χ1) is 20.7. The second-order valence-electron chi connectivity index (χ2n) is 12.1. The highest BCUT2D eigenvalue weighted by atomic mass is 19.4. The molecule has 8 nitrogen and oxygen atoms in total. The average molecular weight is 616 g/mol. The molecule has 44 heavy (non-hydrogen) atoms. The number of carbonyl (C=O) groups excluding carboxylic acids is 3. The Balaban J connectivity index is 1.46. The maximum absolute atomic E-state index is 13.9. The molecule has 4 rings (SSSR count). The monoisotopic (exact) mass is 615 g/mol. The Hall–Kier alpha value is -3.89. The lowest BCUT2D eigenvalue weighted by atomic mass is 9.77. The topological polar surface area (TPSA) is 98.2 Å². The standard InChI is InChI=1S/C33H40F3N3O5/c1-21-16-23(18-25(17-21)33(34,35)36)19-37(3)32(44)27-12-15-39(20-28(27)26-7-5-4-6-22(26)2)31(43)24-10-13-38(14-11-24)29(40)8-9-30(41)42/h4-7,16-18,24,27-28H,8-15,19-20H2,1-3H3,(H,41,42)/t27-,28+/m0/s1. The number of halogens is 3. The highest BCUT2D eigenvalue weighted by molar-refractivity contribution is 5.83. The average Bonchev–Trinajstić information content (AvgIpc) is 2.98. The van der Waals surface area contributed by atoms with Crippen molar-refractivity contribution >= 4 is 23.7 Å². The van der Waals surface area contributed by atoms with E-state index >= 15 is 0 Å². The fourth-order valence-electron chi connectivity index (χ4n) is 6.52. The molecule has 2 saturated heterocycles. The molecular formula is C33H40F3N3O5. The van der Waals surface area contributed by atoms with E-state index in [2.05, 4.69) is 0 Å². The van der Waals surface area contributed by atoms with E-state index in [0.29, 0.717) is 56.6 Å². The third kappa shape index (κ3) is 7.98. The quantitative estimate of drug-likeness (QED) is 0.450. The number of benzene rings is 2.